The lowest BCUT2D eigenvalue weighted by Gasteiger charge is -2.11. The van der Waals surface area contributed by atoms with Crippen LogP contribution in [0.4, 0.5) is 0 Å². The number of hydrogen-bond acceptors (Lipinski definition) is 2. The van der Waals surface area contributed by atoms with Crippen molar-refractivity contribution in [1.29, 1.82) is 0 Å². The molecule has 0 amide bonds. The summed E-state index contributed by atoms with van der Waals surface area (Å²) in [6.45, 7) is 0.536. The third-order valence-electron chi connectivity index (χ3n) is 5.30. The lowest BCUT2D eigenvalue weighted by Crippen LogP contribution is -2.26. The molecule has 0 bridgehead atoms. The van der Waals surface area contributed by atoms with Crippen LogP contribution in [-0.2, 0) is 19.3 Å². The minimum atomic E-state index is 0.536. The van der Waals surface area contributed by atoms with Gasteiger partial charge in [0.1, 0.15) is 0 Å². The fraction of sp³-hybridized carbons (Fsp3) is 0.389. The van der Waals surface area contributed by atoms with E-state index in [-0.39, 0.29) is 0 Å². The molecule has 1 aliphatic heterocycles. The van der Waals surface area contributed by atoms with Crippen molar-refractivity contribution in [3.05, 3.63) is 32.8 Å². The maximum absolute atomic E-state index is 5.93. The van der Waals surface area contributed by atoms with E-state index in [9.17, 15) is 0 Å². The maximum Gasteiger partial charge on any atom is 0.0621 e. The van der Waals surface area contributed by atoms with Crippen LogP contribution < -0.4 is 16.2 Å². The summed E-state index contributed by atoms with van der Waals surface area (Å²) in [5.41, 5.74) is 14.2. The number of nitrogens with zero attached hydrogens (tertiary/aromatic N) is 1. The maximum atomic E-state index is 5.93. The summed E-state index contributed by atoms with van der Waals surface area (Å²) in [5, 5.41) is 4.19. The van der Waals surface area contributed by atoms with Crippen molar-refractivity contribution in [1.82, 2.24) is 4.98 Å². The van der Waals surface area contributed by atoms with Gasteiger partial charge in [-0.25, -0.2) is 0 Å². The van der Waals surface area contributed by atoms with Crippen LogP contribution in [0.3, 0.4) is 0 Å². The van der Waals surface area contributed by atoms with Gasteiger partial charge in [0, 0.05) is 34.6 Å². The van der Waals surface area contributed by atoms with E-state index in [2.05, 4.69) is 22.3 Å². The van der Waals surface area contributed by atoms with Crippen LogP contribution in [-0.4, -0.2) is 17.2 Å². The molecule has 1 aromatic heterocycles. The van der Waals surface area contributed by atoms with Crippen LogP contribution in [0.15, 0.2) is 4.99 Å². The Morgan fingerprint density at radius 1 is 1.10 bits per heavy atom. The Kier molecular flexibility index (Phi) is 2.28. The normalized spacial score (nSPS) is 18.8. The van der Waals surface area contributed by atoms with E-state index in [4.69, 9.17) is 5.73 Å². The van der Waals surface area contributed by atoms with Crippen LogP contribution in [0, 0.1) is 0 Å². The monoisotopic (exact) mass is 277 g/mol. The van der Waals surface area contributed by atoms with Crippen molar-refractivity contribution in [2.75, 3.05) is 6.54 Å². The highest BCUT2D eigenvalue weighted by Gasteiger charge is 2.25. The molecule has 3 heteroatoms. The molecule has 0 radical (unpaired) electrons. The minimum absolute atomic E-state index is 0.536. The first kappa shape index (κ1) is 11.8. The highest BCUT2D eigenvalue weighted by Crippen LogP contribution is 2.28. The predicted molar refractivity (Wildman–Crippen MR) is 87.0 cm³/mol. The number of aromatic amines is 1. The molecular formula is C18H19N3. The van der Waals surface area contributed by atoms with Crippen molar-refractivity contribution in [2.45, 2.75) is 38.5 Å². The Morgan fingerprint density at radius 3 is 2.90 bits per heavy atom. The topological polar surface area (TPSA) is 54.2 Å². The van der Waals surface area contributed by atoms with E-state index < -0.39 is 0 Å². The highest BCUT2D eigenvalue weighted by atomic mass is 14.8. The fourth-order valence-corrected chi connectivity index (χ4v) is 4.42. The summed E-state index contributed by atoms with van der Waals surface area (Å²) in [6.07, 6.45) is 11.7. The van der Waals surface area contributed by atoms with E-state index in [1.165, 1.54) is 63.8 Å². The lowest BCUT2D eigenvalue weighted by molar-refractivity contribution is 0.680. The van der Waals surface area contributed by atoms with Crippen molar-refractivity contribution < 1.29 is 0 Å². The van der Waals surface area contributed by atoms with Gasteiger partial charge in [0.15, 0.2) is 0 Å². The molecule has 21 heavy (non-hydrogen) atoms. The molecule has 2 aromatic rings. The molecule has 0 atom stereocenters. The van der Waals surface area contributed by atoms with Gasteiger partial charge in [-0.1, -0.05) is 6.08 Å². The SMILES string of the molecule is NCC1=NC=c2c1c1c(c3[nH]c4c(c23)CCCC4)=CCC1. The Bertz CT molecular complexity index is 928. The van der Waals surface area contributed by atoms with E-state index in [1.807, 2.05) is 0 Å². The van der Waals surface area contributed by atoms with Gasteiger partial charge in [0.25, 0.3) is 0 Å². The number of hydrogen-bond donors (Lipinski definition) is 2. The quantitative estimate of drug-likeness (QED) is 0.810. The molecule has 2 aliphatic carbocycles. The average molecular weight is 277 g/mol. The molecule has 5 rings (SSSR count). The second-order valence-electron chi connectivity index (χ2n) is 6.37. The molecule has 0 fully saturated rings. The van der Waals surface area contributed by atoms with Gasteiger partial charge in [-0.3, -0.25) is 4.99 Å². The number of fused-ring (bicyclic) bond motifs is 8. The Balaban J connectivity index is 2.00. The van der Waals surface area contributed by atoms with Crippen molar-refractivity contribution in [2.24, 2.45) is 10.7 Å². The molecule has 0 saturated carbocycles. The molecule has 0 saturated heterocycles. The Hall–Kier alpha value is -1.87. The first-order chi connectivity index (χ1) is 10.4. The van der Waals surface area contributed by atoms with Gasteiger partial charge in [0.2, 0.25) is 0 Å². The number of rotatable bonds is 1. The predicted octanol–water partition coefficient (Wildman–Crippen LogP) is 1.27. The van der Waals surface area contributed by atoms with Crippen molar-refractivity contribution >= 4 is 28.9 Å². The number of benzene rings is 1. The zero-order valence-corrected chi connectivity index (χ0v) is 12.1. The summed E-state index contributed by atoms with van der Waals surface area (Å²) in [6, 6.07) is 0. The van der Waals surface area contributed by atoms with Gasteiger partial charge >= 0.3 is 0 Å². The highest BCUT2D eigenvalue weighted by molar-refractivity contribution is 6.10. The van der Waals surface area contributed by atoms with Crippen LogP contribution in [0.25, 0.3) is 23.2 Å². The van der Waals surface area contributed by atoms with E-state index in [0.29, 0.717) is 6.54 Å². The molecule has 1 aromatic carbocycles. The number of H-pyrrole nitrogens is 1. The molecule has 3 aliphatic rings. The van der Waals surface area contributed by atoms with Crippen molar-refractivity contribution in [3.8, 4) is 0 Å². The molecule has 2 heterocycles. The third-order valence-corrected chi connectivity index (χ3v) is 5.30. The number of nitrogens with one attached hydrogen (secondary N) is 1. The average Bonchev–Trinajstić information content (AvgIpc) is 3.21. The largest absolute Gasteiger partial charge is 0.358 e. The van der Waals surface area contributed by atoms with Crippen LogP contribution >= 0.6 is 0 Å². The van der Waals surface area contributed by atoms with Gasteiger partial charge in [0.05, 0.1) is 11.2 Å². The van der Waals surface area contributed by atoms with Gasteiger partial charge in [-0.05, 0) is 54.9 Å². The summed E-state index contributed by atoms with van der Waals surface area (Å²) in [7, 11) is 0. The summed E-state index contributed by atoms with van der Waals surface area (Å²) >= 11 is 0. The van der Waals surface area contributed by atoms with Gasteiger partial charge in [-0.15, -0.1) is 0 Å². The lowest BCUT2D eigenvalue weighted by atomic mass is 9.91. The van der Waals surface area contributed by atoms with Crippen LogP contribution in [0.1, 0.15) is 41.6 Å². The smallest absolute Gasteiger partial charge is 0.0621 e. The summed E-state index contributed by atoms with van der Waals surface area (Å²) < 4.78 is 0. The molecule has 106 valence electrons. The number of aryl methyl sites for hydroxylation is 2. The van der Waals surface area contributed by atoms with Crippen LogP contribution in [0.5, 0.6) is 0 Å². The summed E-state index contributed by atoms with van der Waals surface area (Å²) in [5.74, 6) is 0. The van der Waals surface area contributed by atoms with Gasteiger partial charge in [-0.2, -0.15) is 0 Å². The zero-order valence-electron chi connectivity index (χ0n) is 12.1. The first-order valence-electron chi connectivity index (χ1n) is 8.04. The van der Waals surface area contributed by atoms with E-state index in [1.54, 1.807) is 5.56 Å². The minimum Gasteiger partial charge on any atom is -0.358 e. The van der Waals surface area contributed by atoms with Crippen LogP contribution in [0.2, 0.25) is 0 Å². The number of aliphatic imine (C=N–C) groups is 1. The molecule has 0 unspecified atom stereocenters. The van der Waals surface area contributed by atoms with E-state index in [0.717, 1.165) is 18.6 Å². The van der Waals surface area contributed by atoms with E-state index >= 15 is 0 Å². The number of aromatic nitrogens is 1. The van der Waals surface area contributed by atoms with Crippen molar-refractivity contribution in [3.63, 3.8) is 0 Å². The standard InChI is InChI=1S/C18H19N3/c19-8-15-16-10-5-3-6-11(10)18-17(13(16)9-20-15)12-4-1-2-7-14(12)21-18/h6,9,21H,1-5,7-8,19H2. The zero-order chi connectivity index (χ0) is 14.0. The third kappa shape index (κ3) is 1.40. The second kappa shape index (κ2) is 4.08. The molecule has 3 nitrogen and oxygen atoms in total. The Labute approximate surface area is 123 Å². The first-order valence-corrected chi connectivity index (χ1v) is 8.04. The number of nitrogens with two attached hydrogens (primary N) is 1. The second-order valence-corrected chi connectivity index (χ2v) is 6.37. The fourth-order valence-electron chi connectivity index (χ4n) is 4.42. The molecular weight excluding hydrogens is 258 g/mol. The molecule has 3 N–H and O–H groups in total. The summed E-state index contributed by atoms with van der Waals surface area (Å²) in [4.78, 5) is 8.36. The molecule has 0 spiro atoms. The van der Waals surface area contributed by atoms with Gasteiger partial charge < -0.3 is 10.7 Å². The Morgan fingerprint density at radius 2 is 2.00 bits per heavy atom.